The van der Waals surface area contributed by atoms with Crippen LogP contribution in [0.4, 0.5) is 0 Å². The molecule has 3 nitrogen and oxygen atoms in total. The van der Waals surface area contributed by atoms with Gasteiger partial charge < -0.3 is 15.3 Å². The highest BCUT2D eigenvalue weighted by molar-refractivity contribution is 5.25. The predicted molar refractivity (Wildman–Crippen MR) is 72.1 cm³/mol. The van der Waals surface area contributed by atoms with Crippen LogP contribution in [0.2, 0.25) is 0 Å². The molecule has 3 heteroatoms. The van der Waals surface area contributed by atoms with Crippen LogP contribution in [0.25, 0.3) is 0 Å². The van der Waals surface area contributed by atoms with Gasteiger partial charge in [-0.2, -0.15) is 0 Å². The summed E-state index contributed by atoms with van der Waals surface area (Å²) in [6.07, 6.45) is 1.06. The first-order valence-electron chi connectivity index (χ1n) is 6.21. The van der Waals surface area contributed by atoms with E-state index in [0.717, 1.165) is 25.1 Å². The molecular formula is C14H24N2O. The summed E-state index contributed by atoms with van der Waals surface area (Å²) in [7, 11) is 4.06. The number of nitrogens with zero attached hydrogens (tertiary/aromatic N) is 1. The fraction of sp³-hybridized carbons (Fsp3) is 0.571. The summed E-state index contributed by atoms with van der Waals surface area (Å²) in [6.45, 7) is 3.93. The first-order chi connectivity index (χ1) is 8.14. The van der Waals surface area contributed by atoms with E-state index in [2.05, 4.69) is 29.3 Å². The Morgan fingerprint density at radius 2 is 1.88 bits per heavy atom. The lowest BCUT2D eigenvalue weighted by Crippen LogP contribution is -2.52. The average molecular weight is 236 g/mol. The molecule has 0 aromatic heterocycles. The van der Waals surface area contributed by atoms with Crippen LogP contribution in [0, 0.1) is 0 Å². The molecule has 1 atom stereocenters. The normalized spacial score (nSPS) is 14.9. The third kappa shape index (κ3) is 3.80. The van der Waals surface area contributed by atoms with Gasteiger partial charge in [0.1, 0.15) is 0 Å². The number of likely N-dealkylation sites (N-methyl/N-ethyl adjacent to an activating group) is 1. The Morgan fingerprint density at radius 1 is 1.24 bits per heavy atom. The van der Waals surface area contributed by atoms with Crippen LogP contribution in [0.15, 0.2) is 30.3 Å². The van der Waals surface area contributed by atoms with Gasteiger partial charge in [-0.1, -0.05) is 37.3 Å². The van der Waals surface area contributed by atoms with E-state index in [1.807, 2.05) is 32.3 Å². The van der Waals surface area contributed by atoms with Gasteiger partial charge in [-0.05, 0) is 32.6 Å². The molecule has 1 aromatic rings. The van der Waals surface area contributed by atoms with Crippen molar-refractivity contribution < 1.29 is 5.11 Å². The van der Waals surface area contributed by atoms with Crippen molar-refractivity contribution in [2.45, 2.75) is 18.9 Å². The molecule has 0 aliphatic carbocycles. The Bertz CT molecular complexity index is 313. The number of hydrogen-bond donors (Lipinski definition) is 2. The molecule has 0 fully saturated rings. The van der Waals surface area contributed by atoms with E-state index < -0.39 is 0 Å². The molecule has 0 radical (unpaired) electrons. The number of rotatable bonds is 7. The number of aliphatic hydroxyl groups is 1. The van der Waals surface area contributed by atoms with E-state index in [1.165, 1.54) is 0 Å². The van der Waals surface area contributed by atoms with Crippen LogP contribution < -0.4 is 5.32 Å². The van der Waals surface area contributed by atoms with Crippen molar-refractivity contribution in [3.05, 3.63) is 35.9 Å². The van der Waals surface area contributed by atoms with Gasteiger partial charge in [0, 0.05) is 6.54 Å². The van der Waals surface area contributed by atoms with Gasteiger partial charge in [0.05, 0.1) is 12.1 Å². The highest BCUT2D eigenvalue weighted by Crippen LogP contribution is 2.21. The molecule has 0 heterocycles. The van der Waals surface area contributed by atoms with Gasteiger partial charge in [-0.3, -0.25) is 0 Å². The Hall–Kier alpha value is -0.900. The monoisotopic (exact) mass is 236 g/mol. The molecule has 0 saturated carbocycles. The minimum Gasteiger partial charge on any atom is -0.394 e. The summed E-state index contributed by atoms with van der Waals surface area (Å²) in [6, 6.07) is 10.2. The van der Waals surface area contributed by atoms with Gasteiger partial charge in [0.25, 0.3) is 0 Å². The maximum absolute atomic E-state index is 9.82. The lowest BCUT2D eigenvalue weighted by Gasteiger charge is -2.36. The standard InChI is InChI=1S/C14H24N2O/c1-4-10-15-14(12-17,11-16(2)3)13-8-6-5-7-9-13/h5-9,15,17H,4,10-12H2,1-3H3. The van der Waals surface area contributed by atoms with Crippen LogP contribution in [-0.4, -0.2) is 43.8 Å². The van der Waals surface area contributed by atoms with Gasteiger partial charge in [0.15, 0.2) is 0 Å². The minimum absolute atomic E-state index is 0.106. The van der Waals surface area contributed by atoms with Gasteiger partial charge in [-0.15, -0.1) is 0 Å². The molecule has 1 rings (SSSR count). The fourth-order valence-corrected chi connectivity index (χ4v) is 2.11. The lowest BCUT2D eigenvalue weighted by molar-refractivity contribution is 0.127. The first-order valence-corrected chi connectivity index (χ1v) is 6.21. The predicted octanol–water partition coefficient (Wildman–Crippen LogP) is 1.44. The smallest absolute Gasteiger partial charge is 0.0797 e. The van der Waals surface area contributed by atoms with E-state index in [9.17, 15) is 5.11 Å². The van der Waals surface area contributed by atoms with Crippen molar-refractivity contribution >= 4 is 0 Å². The maximum Gasteiger partial charge on any atom is 0.0797 e. The summed E-state index contributed by atoms with van der Waals surface area (Å²) in [5, 5.41) is 13.3. The fourth-order valence-electron chi connectivity index (χ4n) is 2.11. The first kappa shape index (κ1) is 14.2. The van der Waals surface area contributed by atoms with Crippen molar-refractivity contribution in [1.29, 1.82) is 0 Å². The van der Waals surface area contributed by atoms with Gasteiger partial charge in [-0.25, -0.2) is 0 Å². The van der Waals surface area contributed by atoms with E-state index in [-0.39, 0.29) is 12.1 Å². The zero-order valence-electron chi connectivity index (χ0n) is 11.1. The summed E-state index contributed by atoms with van der Waals surface area (Å²) in [4.78, 5) is 2.10. The lowest BCUT2D eigenvalue weighted by atomic mass is 9.90. The highest BCUT2D eigenvalue weighted by atomic mass is 16.3. The molecule has 17 heavy (non-hydrogen) atoms. The highest BCUT2D eigenvalue weighted by Gasteiger charge is 2.31. The molecular weight excluding hydrogens is 212 g/mol. The second-order valence-corrected chi connectivity index (χ2v) is 4.77. The molecule has 0 aliphatic rings. The van der Waals surface area contributed by atoms with Gasteiger partial charge >= 0.3 is 0 Å². The van der Waals surface area contributed by atoms with Crippen molar-refractivity contribution in [3.63, 3.8) is 0 Å². The molecule has 1 unspecified atom stereocenters. The number of aliphatic hydroxyl groups excluding tert-OH is 1. The van der Waals surface area contributed by atoms with E-state index >= 15 is 0 Å². The van der Waals surface area contributed by atoms with Crippen molar-refractivity contribution in [3.8, 4) is 0 Å². The molecule has 0 amide bonds. The van der Waals surface area contributed by atoms with E-state index in [1.54, 1.807) is 0 Å². The molecule has 0 spiro atoms. The van der Waals surface area contributed by atoms with Crippen molar-refractivity contribution in [1.82, 2.24) is 10.2 Å². The molecule has 2 N–H and O–H groups in total. The topological polar surface area (TPSA) is 35.5 Å². The summed E-state index contributed by atoms with van der Waals surface area (Å²) in [5.74, 6) is 0. The van der Waals surface area contributed by atoms with Crippen molar-refractivity contribution in [2.75, 3.05) is 33.8 Å². The Balaban J connectivity index is 2.97. The van der Waals surface area contributed by atoms with Crippen LogP contribution >= 0.6 is 0 Å². The summed E-state index contributed by atoms with van der Waals surface area (Å²) < 4.78 is 0. The zero-order chi connectivity index (χ0) is 12.7. The van der Waals surface area contributed by atoms with Crippen LogP contribution in [-0.2, 0) is 5.54 Å². The summed E-state index contributed by atoms with van der Waals surface area (Å²) in [5.41, 5.74) is 0.783. The summed E-state index contributed by atoms with van der Waals surface area (Å²) >= 11 is 0. The molecule has 96 valence electrons. The van der Waals surface area contributed by atoms with Crippen molar-refractivity contribution in [2.24, 2.45) is 0 Å². The Morgan fingerprint density at radius 3 is 2.35 bits per heavy atom. The average Bonchev–Trinajstić information content (AvgIpc) is 2.35. The SMILES string of the molecule is CCCNC(CO)(CN(C)C)c1ccccc1. The zero-order valence-corrected chi connectivity index (χ0v) is 11.1. The largest absolute Gasteiger partial charge is 0.394 e. The van der Waals surface area contributed by atoms with Crippen LogP contribution in [0.1, 0.15) is 18.9 Å². The molecule has 0 bridgehead atoms. The molecule has 0 saturated heterocycles. The quantitative estimate of drug-likeness (QED) is 0.752. The number of nitrogens with one attached hydrogen (secondary N) is 1. The van der Waals surface area contributed by atoms with Crippen LogP contribution in [0.3, 0.4) is 0 Å². The molecule has 0 aliphatic heterocycles. The van der Waals surface area contributed by atoms with Crippen LogP contribution in [0.5, 0.6) is 0 Å². The Kier molecular flexibility index (Phi) is 5.62. The number of benzene rings is 1. The Labute approximate surface area is 104 Å². The number of hydrogen-bond acceptors (Lipinski definition) is 3. The second-order valence-electron chi connectivity index (χ2n) is 4.77. The maximum atomic E-state index is 9.82. The van der Waals surface area contributed by atoms with E-state index in [4.69, 9.17) is 0 Å². The third-order valence-corrected chi connectivity index (χ3v) is 2.90. The van der Waals surface area contributed by atoms with Gasteiger partial charge in [0.2, 0.25) is 0 Å². The second kappa shape index (κ2) is 6.74. The minimum atomic E-state index is -0.360. The van der Waals surface area contributed by atoms with E-state index in [0.29, 0.717) is 0 Å². The molecule has 1 aromatic carbocycles. The third-order valence-electron chi connectivity index (χ3n) is 2.90.